The van der Waals surface area contributed by atoms with Gasteiger partial charge in [-0.05, 0) is 63.0 Å². The molecule has 0 atom stereocenters. The highest BCUT2D eigenvalue weighted by Crippen LogP contribution is 2.37. The second kappa shape index (κ2) is 10.5. The van der Waals surface area contributed by atoms with Crippen molar-refractivity contribution in [1.29, 1.82) is 0 Å². The number of rotatable bonds is 8. The first-order valence-corrected chi connectivity index (χ1v) is 12.1. The number of nitrogens with one attached hydrogen (secondary N) is 1. The first kappa shape index (κ1) is 24.1. The number of aryl methyl sites for hydroxylation is 2. The van der Waals surface area contributed by atoms with Crippen molar-refractivity contribution < 1.29 is 23.9 Å². The van der Waals surface area contributed by atoms with Gasteiger partial charge >= 0.3 is 5.97 Å². The van der Waals surface area contributed by atoms with Gasteiger partial charge in [-0.1, -0.05) is 19.1 Å². The largest absolute Gasteiger partial charge is 0.462 e. The monoisotopic (exact) mass is 467 g/mol. The van der Waals surface area contributed by atoms with E-state index in [0.29, 0.717) is 43.7 Å². The third kappa shape index (κ3) is 5.22. The molecule has 1 fully saturated rings. The van der Waals surface area contributed by atoms with Gasteiger partial charge < -0.3 is 14.8 Å². The third-order valence-electron chi connectivity index (χ3n) is 6.94. The van der Waals surface area contributed by atoms with Crippen LogP contribution in [0.15, 0.2) is 24.3 Å². The highest BCUT2D eigenvalue weighted by molar-refractivity contribution is 5.97. The quantitative estimate of drug-likeness (QED) is 0.363. The van der Waals surface area contributed by atoms with Crippen LogP contribution in [0, 0.1) is 5.41 Å². The lowest BCUT2D eigenvalue weighted by Crippen LogP contribution is -2.40. The van der Waals surface area contributed by atoms with E-state index in [4.69, 9.17) is 14.6 Å². The number of carbonyl (C=O) groups is 3. The van der Waals surface area contributed by atoms with Gasteiger partial charge in [-0.25, -0.2) is 4.79 Å². The molecule has 8 nitrogen and oxygen atoms in total. The van der Waals surface area contributed by atoms with Gasteiger partial charge in [0.15, 0.2) is 5.78 Å². The Bertz CT molecular complexity index is 1050. The minimum Gasteiger partial charge on any atom is -0.462 e. The molecule has 1 aromatic carbocycles. The smallest absolute Gasteiger partial charge is 0.338 e. The molecule has 8 heteroatoms. The van der Waals surface area contributed by atoms with Gasteiger partial charge in [0.1, 0.15) is 0 Å². The molecule has 2 aliphatic rings. The topological polar surface area (TPSA) is 99.5 Å². The van der Waals surface area contributed by atoms with Crippen LogP contribution in [0.25, 0.3) is 0 Å². The van der Waals surface area contributed by atoms with Crippen LogP contribution in [-0.4, -0.2) is 53.8 Å². The molecule has 1 amide bonds. The predicted molar refractivity (Wildman–Crippen MR) is 126 cm³/mol. The molecule has 1 N–H and O–H groups in total. The van der Waals surface area contributed by atoms with Crippen molar-refractivity contribution >= 4 is 17.7 Å². The Kier molecular flexibility index (Phi) is 7.46. The fraction of sp³-hybridized carbons (Fsp3) is 0.538. The molecule has 0 unspecified atom stereocenters. The van der Waals surface area contributed by atoms with Crippen LogP contribution in [0.2, 0.25) is 0 Å². The lowest BCUT2D eigenvalue weighted by Gasteiger charge is -2.36. The van der Waals surface area contributed by atoms with E-state index in [1.807, 2.05) is 11.6 Å². The van der Waals surface area contributed by atoms with Crippen molar-refractivity contribution in [2.45, 2.75) is 58.9 Å². The normalized spacial score (nSPS) is 17.1. The number of nitrogens with zero attached hydrogens (tertiary/aromatic N) is 2. The standard InChI is InChI=1S/C26H33N3O5/c1-3-21-23-22(16-26(17-27-24(23)31)10-14-33-15-11-26)29(28-21)12-4-5-13-34-25(32)20-8-6-19(7-9-20)18(2)30/h6-9H,3-5,10-17H2,1-2H3,(H,27,31). The van der Waals surface area contributed by atoms with Gasteiger partial charge in [-0.15, -0.1) is 0 Å². The predicted octanol–water partition coefficient (Wildman–Crippen LogP) is 3.37. The molecule has 0 bridgehead atoms. The molecule has 1 saturated heterocycles. The number of ketones is 1. The Labute approximate surface area is 200 Å². The number of esters is 1. The molecule has 1 aromatic heterocycles. The van der Waals surface area contributed by atoms with Crippen molar-refractivity contribution in [3.8, 4) is 0 Å². The van der Waals surface area contributed by atoms with E-state index in [1.165, 1.54) is 6.92 Å². The molecule has 2 aliphatic heterocycles. The van der Waals surface area contributed by atoms with Crippen LogP contribution in [-0.2, 0) is 28.9 Å². The van der Waals surface area contributed by atoms with Gasteiger partial charge in [0.2, 0.25) is 0 Å². The Hall–Kier alpha value is -3.00. The summed E-state index contributed by atoms with van der Waals surface area (Å²) in [5.74, 6) is -0.455. The molecule has 2 aromatic rings. The second-order valence-corrected chi connectivity index (χ2v) is 9.29. The summed E-state index contributed by atoms with van der Waals surface area (Å²) in [5.41, 5.74) is 3.63. The number of fused-ring (bicyclic) bond motifs is 1. The molecule has 34 heavy (non-hydrogen) atoms. The van der Waals surface area contributed by atoms with E-state index in [2.05, 4.69) is 5.32 Å². The first-order valence-electron chi connectivity index (χ1n) is 12.1. The summed E-state index contributed by atoms with van der Waals surface area (Å²) in [6.45, 7) is 6.62. The lowest BCUT2D eigenvalue weighted by molar-refractivity contribution is 0.0152. The summed E-state index contributed by atoms with van der Waals surface area (Å²) in [6.07, 6.45) is 4.87. The Morgan fingerprint density at radius 1 is 1.15 bits per heavy atom. The maximum atomic E-state index is 12.9. The second-order valence-electron chi connectivity index (χ2n) is 9.29. The zero-order valence-corrected chi connectivity index (χ0v) is 20.0. The summed E-state index contributed by atoms with van der Waals surface area (Å²) in [7, 11) is 0. The molecule has 1 spiro atoms. The number of carbonyl (C=O) groups excluding carboxylic acids is 3. The number of hydrogen-bond donors (Lipinski definition) is 1. The van der Waals surface area contributed by atoms with Crippen LogP contribution in [0.5, 0.6) is 0 Å². The average molecular weight is 468 g/mol. The van der Waals surface area contributed by atoms with E-state index in [-0.39, 0.29) is 17.1 Å². The summed E-state index contributed by atoms with van der Waals surface area (Å²) in [6, 6.07) is 6.49. The summed E-state index contributed by atoms with van der Waals surface area (Å²) < 4.78 is 13.0. The number of Topliss-reactive ketones (excluding diaryl/α,β-unsaturated/α-hetero) is 1. The van der Waals surface area contributed by atoms with Crippen LogP contribution in [0.4, 0.5) is 0 Å². The van der Waals surface area contributed by atoms with E-state index >= 15 is 0 Å². The fourth-order valence-corrected chi connectivity index (χ4v) is 4.81. The number of aromatic nitrogens is 2. The van der Waals surface area contributed by atoms with E-state index in [9.17, 15) is 14.4 Å². The van der Waals surface area contributed by atoms with Crippen LogP contribution in [0.3, 0.4) is 0 Å². The number of unbranched alkanes of at least 4 members (excludes halogenated alkanes) is 1. The molecule has 0 saturated carbocycles. The van der Waals surface area contributed by atoms with Crippen LogP contribution >= 0.6 is 0 Å². The first-order chi connectivity index (χ1) is 16.4. The maximum absolute atomic E-state index is 12.9. The van der Waals surface area contributed by atoms with E-state index in [0.717, 1.165) is 55.8 Å². The minimum absolute atomic E-state index is 0.0220. The van der Waals surface area contributed by atoms with Crippen molar-refractivity contribution in [1.82, 2.24) is 15.1 Å². The maximum Gasteiger partial charge on any atom is 0.338 e. The van der Waals surface area contributed by atoms with Crippen molar-refractivity contribution in [2.75, 3.05) is 26.4 Å². The van der Waals surface area contributed by atoms with Crippen molar-refractivity contribution in [3.05, 3.63) is 52.3 Å². The molecule has 4 rings (SSSR count). The summed E-state index contributed by atoms with van der Waals surface area (Å²) in [4.78, 5) is 36.5. The molecular formula is C26H33N3O5. The molecule has 3 heterocycles. The zero-order chi connectivity index (χ0) is 24.1. The SMILES string of the molecule is CCc1nn(CCCCOC(=O)c2ccc(C(C)=O)cc2)c2c1C(=O)NCC1(CCOCC1)C2. The average Bonchev–Trinajstić information content (AvgIpc) is 3.12. The molecule has 0 radical (unpaired) electrons. The number of benzene rings is 1. The third-order valence-corrected chi connectivity index (χ3v) is 6.94. The zero-order valence-electron chi connectivity index (χ0n) is 20.0. The fourth-order valence-electron chi connectivity index (χ4n) is 4.81. The minimum atomic E-state index is -0.394. The lowest BCUT2D eigenvalue weighted by atomic mass is 9.76. The Morgan fingerprint density at radius 2 is 1.85 bits per heavy atom. The summed E-state index contributed by atoms with van der Waals surface area (Å²) >= 11 is 0. The van der Waals surface area contributed by atoms with Crippen molar-refractivity contribution in [2.24, 2.45) is 5.41 Å². The number of amides is 1. The molecular weight excluding hydrogens is 434 g/mol. The number of ether oxygens (including phenoxy) is 2. The number of hydrogen-bond acceptors (Lipinski definition) is 6. The van der Waals surface area contributed by atoms with Gasteiger partial charge in [0, 0.05) is 31.9 Å². The highest BCUT2D eigenvalue weighted by atomic mass is 16.5. The van der Waals surface area contributed by atoms with Gasteiger partial charge in [0.25, 0.3) is 5.91 Å². The van der Waals surface area contributed by atoms with E-state index in [1.54, 1.807) is 24.3 Å². The Balaban J connectivity index is 1.36. The van der Waals surface area contributed by atoms with Crippen LogP contribution in [0.1, 0.15) is 82.0 Å². The van der Waals surface area contributed by atoms with Gasteiger partial charge in [-0.3, -0.25) is 14.3 Å². The van der Waals surface area contributed by atoms with Crippen LogP contribution < -0.4 is 5.32 Å². The van der Waals surface area contributed by atoms with Gasteiger partial charge in [-0.2, -0.15) is 5.10 Å². The van der Waals surface area contributed by atoms with Gasteiger partial charge in [0.05, 0.1) is 29.1 Å². The molecule has 182 valence electrons. The Morgan fingerprint density at radius 3 is 2.53 bits per heavy atom. The summed E-state index contributed by atoms with van der Waals surface area (Å²) in [5, 5.41) is 7.91. The molecule has 0 aliphatic carbocycles. The highest BCUT2D eigenvalue weighted by Gasteiger charge is 2.39. The van der Waals surface area contributed by atoms with Crippen molar-refractivity contribution in [3.63, 3.8) is 0 Å². The van der Waals surface area contributed by atoms with E-state index < -0.39 is 5.97 Å².